The van der Waals surface area contributed by atoms with E-state index in [0.29, 0.717) is 0 Å². The number of carbonyl (C=O) groups excluding carboxylic acids is 1. The summed E-state index contributed by atoms with van der Waals surface area (Å²) in [6.45, 7) is 3.67. The van der Waals surface area contributed by atoms with Crippen LogP contribution in [-0.4, -0.2) is 12.1 Å². The average Bonchev–Trinajstić information content (AvgIpc) is 2.35. The summed E-state index contributed by atoms with van der Waals surface area (Å²) in [5.74, 6) is -0.307. The second-order valence-corrected chi connectivity index (χ2v) is 4.43. The van der Waals surface area contributed by atoms with Gasteiger partial charge in [-0.1, -0.05) is 36.4 Å². The quantitative estimate of drug-likeness (QED) is 0.602. The molecule has 0 aliphatic heterocycles. The summed E-state index contributed by atoms with van der Waals surface area (Å²) in [7, 11) is 0. The van der Waals surface area contributed by atoms with Gasteiger partial charge in [0.15, 0.2) is 0 Å². The number of esters is 1. The van der Waals surface area contributed by atoms with E-state index in [-0.39, 0.29) is 12.1 Å². The van der Waals surface area contributed by atoms with Gasteiger partial charge in [-0.3, -0.25) is 0 Å². The molecule has 2 rings (SSSR count). The van der Waals surface area contributed by atoms with E-state index >= 15 is 0 Å². The molecule has 0 saturated carbocycles. The third kappa shape index (κ3) is 3.20. The Balaban J connectivity index is 2.17. The smallest absolute Gasteiger partial charge is 0.331 e. The Morgan fingerprint density at radius 3 is 2.56 bits per heavy atom. The molecule has 0 saturated heterocycles. The summed E-state index contributed by atoms with van der Waals surface area (Å²) in [6.07, 6.45) is 3.15. The predicted octanol–water partition coefficient (Wildman–Crippen LogP) is 3.80. The van der Waals surface area contributed by atoms with Crippen molar-refractivity contribution in [2.24, 2.45) is 0 Å². The first kappa shape index (κ1) is 12.4. The van der Waals surface area contributed by atoms with Crippen molar-refractivity contribution in [1.82, 2.24) is 0 Å². The third-order valence-electron chi connectivity index (χ3n) is 2.54. The van der Waals surface area contributed by atoms with Crippen LogP contribution in [0.2, 0.25) is 0 Å². The van der Waals surface area contributed by atoms with Gasteiger partial charge in [-0.25, -0.2) is 4.79 Å². The van der Waals surface area contributed by atoms with Crippen LogP contribution in [0.25, 0.3) is 16.8 Å². The van der Waals surface area contributed by atoms with Gasteiger partial charge in [0.2, 0.25) is 0 Å². The van der Waals surface area contributed by atoms with Crippen LogP contribution in [0, 0.1) is 0 Å². The number of hydrogen-bond acceptors (Lipinski definition) is 2. The number of benzene rings is 2. The Morgan fingerprint density at radius 1 is 1.11 bits per heavy atom. The fraction of sp³-hybridized carbons (Fsp3) is 0.188. The van der Waals surface area contributed by atoms with Gasteiger partial charge in [0.1, 0.15) is 0 Å². The van der Waals surface area contributed by atoms with Gasteiger partial charge in [-0.2, -0.15) is 0 Å². The summed E-state index contributed by atoms with van der Waals surface area (Å²) in [6, 6.07) is 14.2. The molecule has 0 aliphatic rings. The van der Waals surface area contributed by atoms with Crippen LogP contribution in [0.1, 0.15) is 19.4 Å². The highest BCUT2D eigenvalue weighted by Gasteiger charge is 2.00. The van der Waals surface area contributed by atoms with Crippen LogP contribution < -0.4 is 0 Å². The van der Waals surface area contributed by atoms with Crippen LogP contribution >= 0.6 is 0 Å². The first-order valence-electron chi connectivity index (χ1n) is 6.02. The second kappa shape index (κ2) is 5.50. The summed E-state index contributed by atoms with van der Waals surface area (Å²) >= 11 is 0. The van der Waals surface area contributed by atoms with Gasteiger partial charge in [0, 0.05) is 6.08 Å². The first-order valence-corrected chi connectivity index (χ1v) is 6.02. The lowest BCUT2D eigenvalue weighted by molar-refractivity contribution is -0.141. The van der Waals surface area contributed by atoms with Crippen molar-refractivity contribution in [3.05, 3.63) is 54.1 Å². The Bertz CT molecular complexity index is 582. The number of carbonyl (C=O) groups is 1. The fourth-order valence-corrected chi connectivity index (χ4v) is 1.75. The maximum absolute atomic E-state index is 11.4. The van der Waals surface area contributed by atoms with Gasteiger partial charge in [0.25, 0.3) is 0 Å². The monoisotopic (exact) mass is 240 g/mol. The molecule has 0 amide bonds. The summed E-state index contributed by atoms with van der Waals surface area (Å²) in [4.78, 5) is 11.4. The lowest BCUT2D eigenvalue weighted by Crippen LogP contribution is -2.08. The molecule has 92 valence electrons. The fourth-order valence-electron chi connectivity index (χ4n) is 1.75. The highest BCUT2D eigenvalue weighted by Crippen LogP contribution is 2.16. The predicted molar refractivity (Wildman–Crippen MR) is 74.2 cm³/mol. The van der Waals surface area contributed by atoms with Crippen molar-refractivity contribution in [3.63, 3.8) is 0 Å². The molecule has 0 aromatic heterocycles. The van der Waals surface area contributed by atoms with E-state index in [1.165, 1.54) is 11.5 Å². The average molecular weight is 240 g/mol. The van der Waals surface area contributed by atoms with Crippen LogP contribution in [0.4, 0.5) is 0 Å². The molecule has 18 heavy (non-hydrogen) atoms. The molecule has 0 radical (unpaired) electrons. The van der Waals surface area contributed by atoms with E-state index in [9.17, 15) is 4.79 Å². The Labute approximate surface area is 107 Å². The SMILES string of the molecule is CC(C)OC(=O)/C=C/c1ccc2ccccc2c1. The molecule has 2 heteroatoms. The molecule has 0 unspecified atom stereocenters. The number of rotatable bonds is 3. The minimum atomic E-state index is -0.307. The van der Waals surface area contributed by atoms with Crippen molar-refractivity contribution >= 4 is 22.8 Å². The Hall–Kier alpha value is -2.09. The Morgan fingerprint density at radius 2 is 1.83 bits per heavy atom. The van der Waals surface area contributed by atoms with Crippen LogP contribution in [0.15, 0.2) is 48.5 Å². The van der Waals surface area contributed by atoms with Crippen molar-refractivity contribution in [3.8, 4) is 0 Å². The zero-order valence-corrected chi connectivity index (χ0v) is 10.6. The van der Waals surface area contributed by atoms with Gasteiger partial charge >= 0.3 is 5.97 Å². The number of hydrogen-bond donors (Lipinski definition) is 0. The second-order valence-electron chi connectivity index (χ2n) is 4.43. The molecular weight excluding hydrogens is 224 g/mol. The maximum Gasteiger partial charge on any atom is 0.331 e. The normalized spacial score (nSPS) is 11.3. The molecule has 0 aliphatic carbocycles. The third-order valence-corrected chi connectivity index (χ3v) is 2.54. The maximum atomic E-state index is 11.4. The molecule has 2 aromatic carbocycles. The first-order chi connectivity index (χ1) is 8.65. The lowest BCUT2D eigenvalue weighted by atomic mass is 10.1. The molecule has 0 atom stereocenters. The van der Waals surface area contributed by atoms with Crippen molar-refractivity contribution < 1.29 is 9.53 Å². The zero-order valence-electron chi connectivity index (χ0n) is 10.6. The van der Waals surface area contributed by atoms with Gasteiger partial charge in [0.05, 0.1) is 6.10 Å². The molecule has 0 N–H and O–H groups in total. The van der Waals surface area contributed by atoms with E-state index in [4.69, 9.17) is 4.74 Å². The van der Waals surface area contributed by atoms with E-state index in [2.05, 4.69) is 18.2 Å². The lowest BCUT2D eigenvalue weighted by Gasteiger charge is -2.04. The molecule has 2 aromatic rings. The van der Waals surface area contributed by atoms with E-state index in [0.717, 1.165) is 10.9 Å². The van der Waals surface area contributed by atoms with Gasteiger partial charge in [-0.05, 0) is 42.3 Å². The molecular formula is C16H16O2. The summed E-state index contributed by atoms with van der Waals surface area (Å²) < 4.78 is 5.03. The number of ether oxygens (including phenoxy) is 1. The van der Waals surface area contributed by atoms with Crippen LogP contribution in [-0.2, 0) is 9.53 Å². The van der Waals surface area contributed by atoms with Gasteiger partial charge in [-0.15, -0.1) is 0 Å². The van der Waals surface area contributed by atoms with Crippen LogP contribution in [0.5, 0.6) is 0 Å². The Kier molecular flexibility index (Phi) is 3.78. The largest absolute Gasteiger partial charge is 0.460 e. The van der Waals surface area contributed by atoms with E-state index in [1.54, 1.807) is 6.08 Å². The topological polar surface area (TPSA) is 26.3 Å². The van der Waals surface area contributed by atoms with Crippen LogP contribution in [0.3, 0.4) is 0 Å². The summed E-state index contributed by atoms with van der Waals surface area (Å²) in [5.41, 5.74) is 0.995. The summed E-state index contributed by atoms with van der Waals surface area (Å²) in [5, 5.41) is 2.36. The van der Waals surface area contributed by atoms with E-state index < -0.39 is 0 Å². The molecule has 0 fully saturated rings. The highest BCUT2D eigenvalue weighted by molar-refractivity contribution is 5.89. The highest BCUT2D eigenvalue weighted by atomic mass is 16.5. The van der Waals surface area contributed by atoms with Crippen molar-refractivity contribution in [2.75, 3.05) is 0 Å². The minimum Gasteiger partial charge on any atom is -0.460 e. The molecule has 2 nitrogen and oxygen atoms in total. The molecule has 0 bridgehead atoms. The molecule has 0 heterocycles. The zero-order chi connectivity index (χ0) is 13.0. The van der Waals surface area contributed by atoms with Crippen molar-refractivity contribution in [1.29, 1.82) is 0 Å². The minimum absolute atomic E-state index is 0.0845. The standard InChI is InChI=1S/C16H16O2/c1-12(2)18-16(17)10-8-13-7-9-14-5-3-4-6-15(14)11-13/h3-12H,1-2H3/b10-8+. The molecule has 0 spiro atoms. The number of fused-ring (bicyclic) bond motifs is 1. The van der Waals surface area contributed by atoms with E-state index in [1.807, 2.05) is 38.1 Å². The van der Waals surface area contributed by atoms with Gasteiger partial charge < -0.3 is 4.74 Å². The van der Waals surface area contributed by atoms with Crippen molar-refractivity contribution in [2.45, 2.75) is 20.0 Å².